The molecular formula is C34H31F3O. The normalized spacial score (nSPS) is 22.8. The Hall–Kier alpha value is -3.53. The molecular weight excluding hydrogens is 481 g/mol. The molecule has 194 valence electrons. The van der Waals surface area contributed by atoms with E-state index in [0.717, 1.165) is 40.0 Å². The Morgan fingerprint density at radius 3 is 1.58 bits per heavy atom. The Kier molecular flexibility index (Phi) is 6.51. The molecule has 2 saturated carbocycles. The van der Waals surface area contributed by atoms with Crippen LogP contribution in [0.4, 0.5) is 13.2 Å². The first-order valence-corrected chi connectivity index (χ1v) is 13.5. The number of rotatable bonds is 6. The molecule has 4 aromatic carbocycles. The van der Waals surface area contributed by atoms with Crippen molar-refractivity contribution in [3.05, 3.63) is 114 Å². The van der Waals surface area contributed by atoms with Crippen LogP contribution in [0.25, 0.3) is 22.3 Å². The molecule has 2 aliphatic carbocycles. The van der Waals surface area contributed by atoms with Gasteiger partial charge >= 0.3 is 6.11 Å². The molecule has 2 fully saturated rings. The summed E-state index contributed by atoms with van der Waals surface area (Å²) in [5.74, 6) is 3.04. The third-order valence-electron chi connectivity index (χ3n) is 8.47. The summed E-state index contributed by atoms with van der Waals surface area (Å²) in [5.41, 5.74) is 4.71. The second-order valence-electron chi connectivity index (χ2n) is 11.1. The number of ether oxygens (including phenoxy) is 1. The van der Waals surface area contributed by atoms with Crippen molar-refractivity contribution in [3.63, 3.8) is 0 Å². The molecule has 2 aliphatic rings. The monoisotopic (exact) mass is 512 g/mol. The molecule has 0 radical (unpaired) electrons. The lowest BCUT2D eigenvalue weighted by molar-refractivity contribution is -0.185. The molecule has 2 atom stereocenters. The molecule has 1 nitrogen and oxygen atoms in total. The van der Waals surface area contributed by atoms with Gasteiger partial charge < -0.3 is 4.74 Å². The highest BCUT2D eigenvalue weighted by molar-refractivity contribution is 5.65. The van der Waals surface area contributed by atoms with E-state index in [0.29, 0.717) is 5.92 Å². The average Bonchev–Trinajstić information content (AvgIpc) is 3.47. The van der Waals surface area contributed by atoms with Gasteiger partial charge in [-0.1, -0.05) is 67.6 Å². The zero-order valence-corrected chi connectivity index (χ0v) is 21.4. The van der Waals surface area contributed by atoms with Crippen LogP contribution in [0.2, 0.25) is 0 Å². The Bertz CT molecular complexity index is 1360. The number of benzene rings is 4. The quantitative estimate of drug-likeness (QED) is 0.250. The molecule has 6 rings (SSSR count). The van der Waals surface area contributed by atoms with Crippen LogP contribution in [-0.4, -0.2) is 0 Å². The lowest BCUT2D eigenvalue weighted by Gasteiger charge is -2.19. The highest BCUT2D eigenvalue weighted by Gasteiger charge is 2.40. The molecule has 0 amide bonds. The fourth-order valence-corrected chi connectivity index (χ4v) is 6.56. The van der Waals surface area contributed by atoms with Crippen LogP contribution in [0, 0.1) is 23.6 Å². The smallest absolute Gasteiger partial charge is 0.426 e. The predicted octanol–water partition coefficient (Wildman–Crippen LogP) is 9.83. The van der Waals surface area contributed by atoms with Gasteiger partial charge in [0.05, 0.1) is 5.56 Å². The minimum Gasteiger partial charge on any atom is -0.429 e. The summed E-state index contributed by atoms with van der Waals surface area (Å²) >= 11 is 0. The van der Waals surface area contributed by atoms with Crippen molar-refractivity contribution in [1.29, 1.82) is 0 Å². The van der Waals surface area contributed by atoms with Crippen LogP contribution in [0.15, 0.2) is 97.1 Å². The fourth-order valence-electron chi connectivity index (χ4n) is 6.56. The topological polar surface area (TPSA) is 9.23 Å². The van der Waals surface area contributed by atoms with Crippen LogP contribution in [0.1, 0.15) is 49.7 Å². The number of hydrogen-bond donors (Lipinski definition) is 0. The van der Waals surface area contributed by atoms with Crippen molar-refractivity contribution in [2.24, 2.45) is 17.8 Å². The van der Waals surface area contributed by atoms with Gasteiger partial charge in [0.2, 0.25) is 0 Å². The second-order valence-corrected chi connectivity index (χ2v) is 11.1. The molecule has 0 heterocycles. The van der Waals surface area contributed by atoms with Gasteiger partial charge in [0.15, 0.2) is 0 Å². The van der Waals surface area contributed by atoms with E-state index in [4.69, 9.17) is 4.74 Å². The number of hydrogen-bond acceptors (Lipinski definition) is 1. The van der Waals surface area contributed by atoms with Gasteiger partial charge in [0, 0.05) is 0 Å². The summed E-state index contributed by atoms with van der Waals surface area (Å²) in [4.78, 5) is 0. The van der Waals surface area contributed by atoms with Crippen LogP contribution in [0.5, 0.6) is 5.75 Å². The number of alkyl halides is 2. The molecule has 0 bridgehead atoms. The Morgan fingerprint density at radius 1 is 0.605 bits per heavy atom. The van der Waals surface area contributed by atoms with Gasteiger partial charge in [-0.3, -0.25) is 0 Å². The largest absolute Gasteiger partial charge is 0.429 e. The van der Waals surface area contributed by atoms with E-state index in [1.807, 2.05) is 0 Å². The second kappa shape index (κ2) is 9.98. The summed E-state index contributed by atoms with van der Waals surface area (Å²) in [6.45, 7) is 2.38. The summed E-state index contributed by atoms with van der Waals surface area (Å²) in [6.07, 6.45) is 1.88. The average molecular weight is 513 g/mol. The van der Waals surface area contributed by atoms with E-state index >= 15 is 0 Å². The minimum absolute atomic E-state index is 0.0611. The summed E-state index contributed by atoms with van der Waals surface area (Å²) in [7, 11) is 0. The molecule has 0 N–H and O–H groups in total. The van der Waals surface area contributed by atoms with Gasteiger partial charge in [-0.2, -0.15) is 8.78 Å². The molecule has 2 unspecified atom stereocenters. The maximum absolute atomic E-state index is 14.9. The zero-order valence-electron chi connectivity index (χ0n) is 21.4. The SMILES string of the molecule is CC1CC2CC(c3ccc(-c4ccc(C(F)(F)Oc5ccc(-c6ccc(F)cc6)cc5)cc4)cc3)CC2C1. The highest BCUT2D eigenvalue weighted by Crippen LogP contribution is 2.52. The molecule has 0 spiro atoms. The maximum atomic E-state index is 14.9. The first-order valence-electron chi connectivity index (χ1n) is 13.5. The van der Waals surface area contributed by atoms with Crippen molar-refractivity contribution in [2.45, 2.75) is 44.6 Å². The Labute approximate surface area is 222 Å². The molecule has 0 saturated heterocycles. The highest BCUT2D eigenvalue weighted by atomic mass is 19.3. The summed E-state index contributed by atoms with van der Waals surface area (Å²) < 4.78 is 48.1. The predicted molar refractivity (Wildman–Crippen MR) is 146 cm³/mol. The van der Waals surface area contributed by atoms with Crippen LogP contribution < -0.4 is 4.74 Å². The Morgan fingerprint density at radius 2 is 1.05 bits per heavy atom. The lowest BCUT2D eigenvalue weighted by Crippen LogP contribution is -2.21. The van der Waals surface area contributed by atoms with Crippen molar-refractivity contribution in [3.8, 4) is 28.0 Å². The third kappa shape index (κ3) is 5.09. The third-order valence-corrected chi connectivity index (χ3v) is 8.47. The van der Waals surface area contributed by atoms with E-state index < -0.39 is 6.11 Å². The van der Waals surface area contributed by atoms with Crippen molar-refractivity contribution in [2.75, 3.05) is 0 Å². The first-order chi connectivity index (χ1) is 18.3. The van der Waals surface area contributed by atoms with Crippen LogP contribution in [-0.2, 0) is 6.11 Å². The first kappa shape index (κ1) is 24.8. The molecule has 0 aromatic heterocycles. The summed E-state index contributed by atoms with van der Waals surface area (Å²) in [6, 6.07) is 27.3. The zero-order chi connectivity index (χ0) is 26.3. The number of halogens is 3. The van der Waals surface area contributed by atoms with E-state index in [-0.39, 0.29) is 17.1 Å². The van der Waals surface area contributed by atoms with Gasteiger partial charge in [0.1, 0.15) is 11.6 Å². The molecule has 38 heavy (non-hydrogen) atoms. The van der Waals surface area contributed by atoms with Crippen LogP contribution in [0.3, 0.4) is 0 Å². The van der Waals surface area contributed by atoms with E-state index in [1.54, 1.807) is 36.4 Å². The maximum Gasteiger partial charge on any atom is 0.426 e. The van der Waals surface area contributed by atoms with Gasteiger partial charge in [-0.15, -0.1) is 0 Å². The molecule has 0 aliphatic heterocycles. The standard InChI is InChI=1S/C34H31F3O/c1-22-18-28-20-30(21-29(28)19-22)27-4-2-23(3-5-27)24-6-12-31(13-7-24)34(36,37)38-33-16-10-26(11-17-33)25-8-14-32(35)15-9-25/h2-17,22,28-30H,18-21H2,1H3. The van der Waals surface area contributed by atoms with Gasteiger partial charge in [0.25, 0.3) is 0 Å². The summed E-state index contributed by atoms with van der Waals surface area (Å²) in [5, 5.41) is 0. The number of fused-ring (bicyclic) bond motifs is 1. The van der Waals surface area contributed by atoms with Crippen LogP contribution >= 0.6 is 0 Å². The van der Waals surface area contributed by atoms with Crippen molar-refractivity contribution < 1.29 is 17.9 Å². The molecule has 4 heteroatoms. The van der Waals surface area contributed by atoms with E-state index in [2.05, 4.69) is 31.2 Å². The lowest BCUT2D eigenvalue weighted by atomic mass is 9.91. The minimum atomic E-state index is -3.47. The van der Waals surface area contributed by atoms with E-state index in [9.17, 15) is 13.2 Å². The Balaban J connectivity index is 1.10. The van der Waals surface area contributed by atoms with Gasteiger partial charge in [-0.05, 0) is 114 Å². The fraction of sp³-hybridized carbons (Fsp3) is 0.294. The molecule has 4 aromatic rings. The van der Waals surface area contributed by atoms with Crippen molar-refractivity contribution in [1.82, 2.24) is 0 Å². The van der Waals surface area contributed by atoms with Crippen molar-refractivity contribution >= 4 is 0 Å². The van der Waals surface area contributed by atoms with Gasteiger partial charge in [-0.25, -0.2) is 4.39 Å². The van der Waals surface area contributed by atoms with E-state index in [1.165, 1.54) is 67.6 Å².